The predicted molar refractivity (Wildman–Crippen MR) is 61.0 cm³/mol. The van der Waals surface area contributed by atoms with Crippen LogP contribution in [0, 0.1) is 13.8 Å². The Balaban J connectivity index is 1.76. The van der Waals surface area contributed by atoms with E-state index in [-0.39, 0.29) is 0 Å². The smallest absolute Gasteiger partial charge is 0.223 e. The van der Waals surface area contributed by atoms with Gasteiger partial charge in [0, 0.05) is 30.5 Å². The van der Waals surface area contributed by atoms with Gasteiger partial charge in [0.15, 0.2) is 0 Å². The van der Waals surface area contributed by atoms with Gasteiger partial charge in [0.2, 0.25) is 5.95 Å². The summed E-state index contributed by atoms with van der Waals surface area (Å²) in [5, 5.41) is 6.66. The fourth-order valence-corrected chi connectivity index (χ4v) is 1.54. The third kappa shape index (κ3) is 3.47. The molecule has 1 aliphatic rings. The Morgan fingerprint density at radius 2 is 1.87 bits per heavy atom. The Hall–Kier alpha value is -1.16. The van der Waals surface area contributed by atoms with Crippen LogP contribution in [0.25, 0.3) is 0 Å². The molecule has 15 heavy (non-hydrogen) atoms. The van der Waals surface area contributed by atoms with Gasteiger partial charge in [0.05, 0.1) is 0 Å². The number of anilines is 1. The minimum atomic E-state index is 0.741. The summed E-state index contributed by atoms with van der Waals surface area (Å²) in [6.07, 6.45) is 2.67. The fourth-order valence-electron chi connectivity index (χ4n) is 1.54. The molecule has 0 spiro atoms. The maximum atomic E-state index is 4.32. The van der Waals surface area contributed by atoms with Crippen molar-refractivity contribution in [2.45, 2.75) is 32.7 Å². The quantitative estimate of drug-likeness (QED) is 0.712. The van der Waals surface area contributed by atoms with E-state index in [1.54, 1.807) is 0 Å². The maximum Gasteiger partial charge on any atom is 0.223 e. The zero-order valence-corrected chi connectivity index (χ0v) is 9.38. The molecule has 1 aromatic rings. The molecule has 1 heterocycles. The van der Waals surface area contributed by atoms with Crippen LogP contribution in [0.4, 0.5) is 5.95 Å². The highest BCUT2D eigenvalue weighted by Crippen LogP contribution is 2.17. The average Bonchev–Trinajstić information content (AvgIpc) is 2.94. The number of aromatic nitrogens is 2. The first-order valence-electron chi connectivity index (χ1n) is 5.53. The number of hydrogen-bond acceptors (Lipinski definition) is 4. The van der Waals surface area contributed by atoms with E-state index >= 15 is 0 Å². The molecule has 4 nitrogen and oxygen atoms in total. The van der Waals surface area contributed by atoms with Gasteiger partial charge in [-0.15, -0.1) is 0 Å². The molecule has 1 fully saturated rings. The molecule has 82 valence electrons. The van der Waals surface area contributed by atoms with Crippen molar-refractivity contribution in [3.05, 3.63) is 17.5 Å². The van der Waals surface area contributed by atoms with E-state index in [1.165, 1.54) is 12.8 Å². The van der Waals surface area contributed by atoms with E-state index in [4.69, 9.17) is 0 Å². The van der Waals surface area contributed by atoms with Crippen molar-refractivity contribution < 1.29 is 0 Å². The zero-order chi connectivity index (χ0) is 10.7. The minimum absolute atomic E-state index is 0.741. The first-order valence-corrected chi connectivity index (χ1v) is 5.53. The van der Waals surface area contributed by atoms with Crippen molar-refractivity contribution in [2.24, 2.45) is 0 Å². The van der Waals surface area contributed by atoms with Gasteiger partial charge in [-0.05, 0) is 32.8 Å². The molecule has 2 rings (SSSR count). The van der Waals surface area contributed by atoms with Crippen LogP contribution in [0.3, 0.4) is 0 Å². The molecular formula is C11H18N4. The standard InChI is InChI=1S/C11H18N4/c1-8-7-9(2)15-11(14-8)13-6-5-12-10-3-4-10/h7,10,12H,3-6H2,1-2H3,(H,13,14,15). The topological polar surface area (TPSA) is 49.8 Å². The molecule has 4 heteroatoms. The molecule has 1 saturated carbocycles. The first-order chi connectivity index (χ1) is 7.24. The Bertz CT molecular complexity index is 313. The second-order valence-electron chi connectivity index (χ2n) is 4.13. The molecule has 0 aromatic carbocycles. The van der Waals surface area contributed by atoms with E-state index < -0.39 is 0 Å². The maximum absolute atomic E-state index is 4.32. The normalized spacial score (nSPS) is 15.3. The minimum Gasteiger partial charge on any atom is -0.353 e. The van der Waals surface area contributed by atoms with Gasteiger partial charge < -0.3 is 10.6 Å². The highest BCUT2D eigenvalue weighted by Gasteiger charge is 2.19. The third-order valence-corrected chi connectivity index (χ3v) is 2.40. The summed E-state index contributed by atoms with van der Waals surface area (Å²) in [5.74, 6) is 0.741. The van der Waals surface area contributed by atoms with E-state index in [9.17, 15) is 0 Å². The molecule has 1 aromatic heterocycles. The summed E-state index contributed by atoms with van der Waals surface area (Å²) in [6.45, 7) is 5.85. The number of aryl methyl sites for hydroxylation is 2. The molecule has 0 saturated heterocycles. The van der Waals surface area contributed by atoms with Gasteiger partial charge in [-0.1, -0.05) is 0 Å². The van der Waals surface area contributed by atoms with E-state index in [2.05, 4.69) is 20.6 Å². The lowest BCUT2D eigenvalue weighted by atomic mass is 10.4. The largest absolute Gasteiger partial charge is 0.353 e. The van der Waals surface area contributed by atoms with Crippen LogP contribution in [-0.2, 0) is 0 Å². The number of nitrogens with zero attached hydrogens (tertiary/aromatic N) is 2. The lowest BCUT2D eigenvalue weighted by molar-refractivity contribution is 0.699. The molecule has 0 bridgehead atoms. The zero-order valence-electron chi connectivity index (χ0n) is 9.38. The van der Waals surface area contributed by atoms with E-state index in [0.29, 0.717) is 0 Å². The van der Waals surface area contributed by atoms with Crippen molar-refractivity contribution in [3.63, 3.8) is 0 Å². The van der Waals surface area contributed by atoms with Gasteiger partial charge in [-0.3, -0.25) is 0 Å². The van der Waals surface area contributed by atoms with Crippen molar-refractivity contribution in [3.8, 4) is 0 Å². The molecule has 2 N–H and O–H groups in total. The van der Waals surface area contributed by atoms with Gasteiger partial charge in [0.25, 0.3) is 0 Å². The van der Waals surface area contributed by atoms with Crippen LogP contribution in [0.15, 0.2) is 6.07 Å². The average molecular weight is 206 g/mol. The fraction of sp³-hybridized carbons (Fsp3) is 0.636. The van der Waals surface area contributed by atoms with E-state index in [1.807, 2.05) is 19.9 Å². The van der Waals surface area contributed by atoms with Gasteiger partial charge in [-0.2, -0.15) is 0 Å². The molecule has 0 atom stereocenters. The van der Waals surface area contributed by atoms with Crippen LogP contribution < -0.4 is 10.6 Å². The van der Waals surface area contributed by atoms with Crippen LogP contribution in [0.2, 0.25) is 0 Å². The second-order valence-corrected chi connectivity index (χ2v) is 4.13. The van der Waals surface area contributed by atoms with Gasteiger partial charge >= 0.3 is 0 Å². The van der Waals surface area contributed by atoms with E-state index in [0.717, 1.165) is 36.5 Å². The monoisotopic (exact) mass is 206 g/mol. The lowest BCUT2D eigenvalue weighted by Gasteiger charge is -2.06. The van der Waals surface area contributed by atoms with Crippen LogP contribution >= 0.6 is 0 Å². The summed E-state index contributed by atoms with van der Waals surface area (Å²) in [4.78, 5) is 8.63. The highest BCUT2D eigenvalue weighted by molar-refractivity contribution is 5.27. The van der Waals surface area contributed by atoms with Crippen molar-refractivity contribution in [1.29, 1.82) is 0 Å². The van der Waals surface area contributed by atoms with Crippen molar-refractivity contribution >= 4 is 5.95 Å². The molecule has 0 aliphatic heterocycles. The summed E-state index contributed by atoms with van der Waals surface area (Å²) >= 11 is 0. The van der Waals surface area contributed by atoms with Gasteiger partial charge in [-0.25, -0.2) is 9.97 Å². The number of hydrogen-bond donors (Lipinski definition) is 2. The van der Waals surface area contributed by atoms with Crippen molar-refractivity contribution in [1.82, 2.24) is 15.3 Å². The van der Waals surface area contributed by atoms with Crippen molar-refractivity contribution in [2.75, 3.05) is 18.4 Å². The van der Waals surface area contributed by atoms with Crippen LogP contribution in [-0.4, -0.2) is 29.1 Å². The molecule has 1 aliphatic carbocycles. The number of rotatable bonds is 5. The Kier molecular flexibility index (Phi) is 3.16. The Morgan fingerprint density at radius 1 is 1.20 bits per heavy atom. The second kappa shape index (κ2) is 4.57. The highest BCUT2D eigenvalue weighted by atomic mass is 15.1. The summed E-state index contributed by atoms with van der Waals surface area (Å²) < 4.78 is 0. The first kappa shape index (κ1) is 10.4. The Morgan fingerprint density at radius 3 is 2.47 bits per heavy atom. The molecule has 0 radical (unpaired) electrons. The summed E-state index contributed by atoms with van der Waals surface area (Å²) in [7, 11) is 0. The molecule has 0 unspecified atom stereocenters. The van der Waals surface area contributed by atoms with Crippen LogP contribution in [0.1, 0.15) is 24.2 Å². The predicted octanol–water partition coefficient (Wildman–Crippen LogP) is 1.26. The number of nitrogens with one attached hydrogen (secondary N) is 2. The van der Waals surface area contributed by atoms with Gasteiger partial charge in [0.1, 0.15) is 0 Å². The van der Waals surface area contributed by atoms with Crippen LogP contribution in [0.5, 0.6) is 0 Å². The molecule has 0 amide bonds. The molecular weight excluding hydrogens is 188 g/mol. The summed E-state index contributed by atoms with van der Waals surface area (Å²) in [5.41, 5.74) is 2.03. The summed E-state index contributed by atoms with van der Waals surface area (Å²) in [6, 6.07) is 2.75. The SMILES string of the molecule is Cc1cc(C)nc(NCCNC2CC2)n1. The lowest BCUT2D eigenvalue weighted by Crippen LogP contribution is -2.24. The third-order valence-electron chi connectivity index (χ3n) is 2.40. The Labute approximate surface area is 90.5 Å².